The minimum atomic E-state index is -3.86. The van der Waals surface area contributed by atoms with Gasteiger partial charge in [-0.05, 0) is 141 Å². The van der Waals surface area contributed by atoms with E-state index in [1.165, 1.54) is 11.2 Å². The van der Waals surface area contributed by atoms with Crippen molar-refractivity contribution in [1.29, 1.82) is 0 Å². The van der Waals surface area contributed by atoms with Crippen LogP contribution in [-0.4, -0.2) is 101 Å². The highest BCUT2D eigenvalue weighted by Crippen LogP contribution is 2.45. The number of sulfone groups is 1. The molecule has 4 heterocycles. The molecule has 15 heteroatoms. The van der Waals surface area contributed by atoms with E-state index >= 15 is 0 Å². The molecule has 358 valence electrons. The van der Waals surface area contributed by atoms with Crippen LogP contribution in [0.5, 0.6) is 0 Å². The van der Waals surface area contributed by atoms with E-state index in [1.54, 1.807) is 12.1 Å². The van der Waals surface area contributed by atoms with Gasteiger partial charge in [0, 0.05) is 114 Å². The molecule has 0 spiro atoms. The molecule has 11 nitrogen and oxygen atoms in total. The number of hydrogen-bond donors (Lipinski definition) is 3. The molecular formula is C53H61ClN6O5S3. The fourth-order valence-electron chi connectivity index (χ4n) is 9.89. The normalized spacial score (nSPS) is 16.6. The minimum Gasteiger partial charge on any atom is -0.393 e. The predicted octanol–water partition coefficient (Wildman–Crippen LogP) is 10.1. The summed E-state index contributed by atoms with van der Waals surface area (Å²) in [5, 5.41) is 14.4. The van der Waals surface area contributed by atoms with Crippen LogP contribution in [0.3, 0.4) is 0 Å². The van der Waals surface area contributed by atoms with Gasteiger partial charge in [-0.3, -0.25) is 4.72 Å². The molecule has 2 saturated heterocycles. The Morgan fingerprint density at radius 2 is 1.46 bits per heavy atom. The molecule has 0 radical (unpaired) electrons. The summed E-state index contributed by atoms with van der Waals surface area (Å²) in [6.45, 7) is 8.47. The first-order valence-corrected chi connectivity index (χ1v) is 28.4. The van der Waals surface area contributed by atoms with E-state index in [9.17, 15) is 21.9 Å². The Kier molecular flexibility index (Phi) is 14.8. The molecule has 9 rings (SSSR count). The SMILES string of the molecule is Cc1cc(S(=O)(=O)Nc2ccc(N3CCN(c4cccc(-c5c(S(C)(=O)=O)c6n(c5-c5ccc(Cl)cc5)CCCC6)c4)CC3)cc2)ccc1N[C@H](CCN1CCC(O)CC1)CSc1ccccc1. The van der Waals surface area contributed by atoms with E-state index in [0.29, 0.717) is 22.0 Å². The average Bonchev–Trinajstić information content (AvgIpc) is 3.70. The number of piperidine rings is 1. The van der Waals surface area contributed by atoms with Crippen LogP contribution < -0.4 is 19.8 Å². The van der Waals surface area contributed by atoms with Crippen molar-refractivity contribution in [2.75, 3.05) is 77.7 Å². The fourth-order valence-corrected chi connectivity index (χ4v) is 13.4. The highest BCUT2D eigenvalue weighted by Gasteiger charge is 2.32. The lowest BCUT2D eigenvalue weighted by molar-refractivity contribution is 0.0817. The van der Waals surface area contributed by atoms with Crippen LogP contribution in [0.25, 0.3) is 22.4 Å². The summed E-state index contributed by atoms with van der Waals surface area (Å²) in [6, 6.07) is 39.3. The Morgan fingerprint density at radius 1 is 0.750 bits per heavy atom. The number of hydrogen-bond acceptors (Lipinski definition) is 10. The molecule has 3 aliphatic rings. The zero-order valence-corrected chi connectivity index (χ0v) is 42.0. The van der Waals surface area contributed by atoms with Gasteiger partial charge in [-0.15, -0.1) is 11.8 Å². The van der Waals surface area contributed by atoms with Crippen molar-refractivity contribution in [3.05, 3.63) is 138 Å². The lowest BCUT2D eigenvalue weighted by Crippen LogP contribution is -2.46. The Hall–Kier alpha value is -4.96. The Balaban J connectivity index is 0.842. The fraction of sp³-hybridized carbons (Fsp3) is 0.358. The quantitative estimate of drug-likeness (QED) is 0.0807. The number of anilines is 4. The number of likely N-dealkylation sites (tertiary alicyclic amines) is 1. The molecular weight excluding hydrogens is 932 g/mol. The zero-order valence-electron chi connectivity index (χ0n) is 38.8. The smallest absolute Gasteiger partial charge is 0.261 e. The number of thioether (sulfide) groups is 1. The lowest BCUT2D eigenvalue weighted by Gasteiger charge is -2.37. The number of fused-ring (bicyclic) bond motifs is 1. The van der Waals surface area contributed by atoms with Gasteiger partial charge < -0.3 is 29.7 Å². The Labute approximate surface area is 411 Å². The molecule has 5 aromatic carbocycles. The number of rotatable bonds is 16. The van der Waals surface area contributed by atoms with Crippen LogP contribution in [0.2, 0.25) is 5.02 Å². The number of aryl methyl sites for hydroxylation is 1. The molecule has 2 fully saturated rings. The van der Waals surface area contributed by atoms with Gasteiger partial charge in [0.05, 0.1) is 21.6 Å². The number of halogens is 1. The minimum absolute atomic E-state index is 0.159. The Morgan fingerprint density at radius 3 is 2.15 bits per heavy atom. The molecule has 1 atom stereocenters. The van der Waals surface area contributed by atoms with E-state index in [1.807, 2.05) is 91.5 Å². The van der Waals surface area contributed by atoms with Crippen LogP contribution in [-0.2, 0) is 32.8 Å². The second-order valence-corrected chi connectivity index (χ2v) is 23.5. The number of piperazine rings is 1. The third kappa shape index (κ3) is 11.2. The molecule has 0 bridgehead atoms. The largest absolute Gasteiger partial charge is 0.393 e. The summed E-state index contributed by atoms with van der Waals surface area (Å²) in [5.74, 6) is 0.861. The molecule has 1 aromatic heterocycles. The van der Waals surface area contributed by atoms with Crippen molar-refractivity contribution >= 4 is 66.0 Å². The van der Waals surface area contributed by atoms with Gasteiger partial charge in [0.2, 0.25) is 0 Å². The summed E-state index contributed by atoms with van der Waals surface area (Å²) in [7, 11) is -7.42. The molecule has 68 heavy (non-hydrogen) atoms. The van der Waals surface area contributed by atoms with Gasteiger partial charge in [-0.1, -0.05) is 54.1 Å². The van der Waals surface area contributed by atoms with Crippen molar-refractivity contribution in [3.8, 4) is 22.4 Å². The van der Waals surface area contributed by atoms with Gasteiger partial charge in [-0.2, -0.15) is 0 Å². The van der Waals surface area contributed by atoms with Crippen LogP contribution >= 0.6 is 23.4 Å². The average molecular weight is 994 g/mol. The number of nitrogens with zero attached hydrogens (tertiary/aromatic N) is 4. The molecule has 0 unspecified atom stereocenters. The third-order valence-electron chi connectivity index (χ3n) is 13.5. The lowest BCUT2D eigenvalue weighted by atomic mass is 10.00. The maximum absolute atomic E-state index is 13.7. The predicted molar refractivity (Wildman–Crippen MR) is 280 cm³/mol. The van der Waals surface area contributed by atoms with Crippen molar-refractivity contribution in [3.63, 3.8) is 0 Å². The first-order chi connectivity index (χ1) is 32.8. The first kappa shape index (κ1) is 48.1. The van der Waals surface area contributed by atoms with Gasteiger partial charge in [0.25, 0.3) is 10.0 Å². The van der Waals surface area contributed by atoms with Crippen LogP contribution in [0.1, 0.15) is 43.4 Å². The topological polar surface area (TPSA) is 127 Å². The second-order valence-electron chi connectivity index (χ2n) is 18.4. The number of sulfonamides is 1. The van der Waals surface area contributed by atoms with Gasteiger partial charge in [-0.25, -0.2) is 16.8 Å². The summed E-state index contributed by atoms with van der Waals surface area (Å²) in [4.78, 5) is 8.91. The molecule has 3 aliphatic heterocycles. The van der Waals surface area contributed by atoms with E-state index in [-0.39, 0.29) is 17.0 Å². The number of nitrogens with one attached hydrogen (secondary N) is 2. The van der Waals surface area contributed by atoms with E-state index in [2.05, 4.69) is 65.7 Å². The maximum Gasteiger partial charge on any atom is 0.261 e. The maximum atomic E-state index is 13.7. The van der Waals surface area contributed by atoms with Crippen LogP contribution in [0, 0.1) is 6.92 Å². The standard InChI is InChI=1S/C53H61ClN6O5S3/c1-38-35-48(22-23-49(38)55-43(37-66-47-11-4-3-5-12-47)24-28-57-29-25-46(61)26-30-57)68(64,65)56-42-18-20-44(21-19-42)58-31-33-59(34-32-58)45-10-8-9-40(36-45)51-52(39-14-16-41(54)17-15-39)60-27-7-6-13-50(60)53(51)67(2,62)63/h3-5,8-12,14-23,35-36,43,46,55-56,61H,6-7,13,24-34,37H2,1-2H3/t43-/m1/s1. The summed E-state index contributed by atoms with van der Waals surface area (Å²) in [5.41, 5.74) is 8.69. The van der Waals surface area contributed by atoms with Crippen LogP contribution in [0.4, 0.5) is 22.7 Å². The molecule has 3 N–H and O–H groups in total. The number of aromatic nitrogens is 1. The van der Waals surface area contributed by atoms with Crippen molar-refractivity contribution < 1.29 is 21.9 Å². The monoisotopic (exact) mass is 992 g/mol. The van der Waals surface area contributed by atoms with E-state index in [0.717, 1.165) is 141 Å². The number of aliphatic hydroxyl groups is 1. The second kappa shape index (κ2) is 21.0. The van der Waals surface area contributed by atoms with Crippen molar-refractivity contribution in [2.45, 2.75) is 78.8 Å². The van der Waals surface area contributed by atoms with Crippen LogP contribution in [0.15, 0.2) is 136 Å². The van der Waals surface area contributed by atoms with Gasteiger partial charge in [0.15, 0.2) is 9.84 Å². The molecule has 0 amide bonds. The van der Waals surface area contributed by atoms with E-state index < -0.39 is 19.9 Å². The van der Waals surface area contributed by atoms with Gasteiger partial charge in [0.1, 0.15) is 0 Å². The summed E-state index contributed by atoms with van der Waals surface area (Å²) >= 11 is 8.11. The van der Waals surface area contributed by atoms with E-state index in [4.69, 9.17) is 11.6 Å². The summed E-state index contributed by atoms with van der Waals surface area (Å²) < 4.78 is 59.6. The molecule has 0 aliphatic carbocycles. The Bertz CT molecular complexity index is 2920. The first-order valence-electron chi connectivity index (χ1n) is 23.7. The van der Waals surface area contributed by atoms with Crippen molar-refractivity contribution in [1.82, 2.24) is 9.47 Å². The molecule has 0 saturated carbocycles. The van der Waals surface area contributed by atoms with Crippen molar-refractivity contribution in [2.24, 2.45) is 0 Å². The molecule has 6 aromatic rings. The highest BCUT2D eigenvalue weighted by atomic mass is 35.5. The zero-order chi connectivity index (χ0) is 47.4. The highest BCUT2D eigenvalue weighted by molar-refractivity contribution is 7.99. The summed E-state index contributed by atoms with van der Waals surface area (Å²) in [6.07, 6.45) is 6.32. The third-order valence-corrected chi connectivity index (χ3v) is 17.5. The van der Waals surface area contributed by atoms with Gasteiger partial charge >= 0.3 is 0 Å². The number of benzene rings is 5. The number of aliphatic hydroxyl groups excluding tert-OH is 1.